The van der Waals surface area contributed by atoms with Gasteiger partial charge in [-0.05, 0) is 46.5 Å². The summed E-state index contributed by atoms with van der Waals surface area (Å²) in [5.41, 5.74) is 4.69. The van der Waals surface area contributed by atoms with Crippen LogP contribution in [0.25, 0.3) is 0 Å². The summed E-state index contributed by atoms with van der Waals surface area (Å²) >= 11 is 0. The number of benzene rings is 3. The Labute approximate surface area is 147 Å². The predicted molar refractivity (Wildman–Crippen MR) is 97.2 cm³/mol. The normalized spacial score (nSPS) is 18.6. The third-order valence-corrected chi connectivity index (χ3v) is 4.67. The molecule has 0 aromatic heterocycles. The van der Waals surface area contributed by atoms with Crippen molar-refractivity contribution in [3.05, 3.63) is 95.1 Å². The van der Waals surface area contributed by atoms with Crippen LogP contribution in [-0.4, -0.2) is 14.2 Å². The minimum atomic E-state index is -0.0748. The van der Waals surface area contributed by atoms with Crippen molar-refractivity contribution in [1.82, 2.24) is 0 Å². The van der Waals surface area contributed by atoms with Gasteiger partial charge in [0, 0.05) is 0 Å². The van der Waals surface area contributed by atoms with Crippen molar-refractivity contribution in [1.29, 1.82) is 0 Å². The first-order valence-corrected chi connectivity index (χ1v) is 8.32. The molecule has 0 amide bonds. The first-order chi connectivity index (χ1) is 12.3. The second-order valence-corrected chi connectivity index (χ2v) is 6.07. The Bertz CT molecular complexity index is 781. The van der Waals surface area contributed by atoms with Crippen LogP contribution in [0.3, 0.4) is 0 Å². The molecule has 0 bridgehead atoms. The molecule has 1 aliphatic heterocycles. The fraction of sp³-hybridized carbons (Fsp3) is 0.182. The van der Waals surface area contributed by atoms with Crippen LogP contribution in [0.4, 0.5) is 0 Å². The molecule has 25 heavy (non-hydrogen) atoms. The lowest BCUT2D eigenvalue weighted by Gasteiger charge is -2.16. The van der Waals surface area contributed by atoms with E-state index < -0.39 is 0 Å². The zero-order valence-electron chi connectivity index (χ0n) is 14.3. The summed E-state index contributed by atoms with van der Waals surface area (Å²) in [4.78, 5) is 0. The largest absolute Gasteiger partial charge is 0.497 e. The van der Waals surface area contributed by atoms with Gasteiger partial charge in [-0.15, -0.1) is 0 Å². The zero-order valence-corrected chi connectivity index (χ0v) is 14.3. The van der Waals surface area contributed by atoms with Crippen molar-refractivity contribution in [2.24, 2.45) is 0 Å². The van der Waals surface area contributed by atoms with Crippen molar-refractivity contribution in [2.45, 2.75) is 12.2 Å². The lowest BCUT2D eigenvalue weighted by molar-refractivity contribution is 0.0582. The molecule has 3 nitrogen and oxygen atoms in total. The van der Waals surface area contributed by atoms with Crippen LogP contribution >= 0.6 is 0 Å². The van der Waals surface area contributed by atoms with E-state index in [2.05, 4.69) is 48.5 Å². The summed E-state index contributed by atoms with van der Waals surface area (Å²) in [7, 11) is 3.35. The Morgan fingerprint density at radius 2 is 1.00 bits per heavy atom. The molecule has 0 N–H and O–H groups in total. The maximum atomic E-state index is 6.47. The molecule has 0 saturated carbocycles. The van der Waals surface area contributed by atoms with Gasteiger partial charge in [-0.1, -0.05) is 48.5 Å². The summed E-state index contributed by atoms with van der Waals surface area (Å²) in [6.07, 6.45) is -0.150. The Balaban J connectivity index is 1.71. The molecule has 3 aromatic carbocycles. The van der Waals surface area contributed by atoms with Gasteiger partial charge in [0.15, 0.2) is 0 Å². The zero-order chi connectivity index (χ0) is 17.2. The molecule has 0 fully saturated rings. The highest BCUT2D eigenvalue weighted by Crippen LogP contribution is 2.45. The minimum Gasteiger partial charge on any atom is -0.497 e. The van der Waals surface area contributed by atoms with E-state index in [1.807, 2.05) is 24.3 Å². The number of ether oxygens (including phenoxy) is 3. The highest BCUT2D eigenvalue weighted by Gasteiger charge is 2.33. The van der Waals surface area contributed by atoms with Crippen LogP contribution < -0.4 is 9.47 Å². The van der Waals surface area contributed by atoms with Gasteiger partial charge in [0.05, 0.1) is 14.2 Å². The third kappa shape index (κ3) is 2.87. The van der Waals surface area contributed by atoms with Gasteiger partial charge >= 0.3 is 0 Å². The topological polar surface area (TPSA) is 27.7 Å². The number of rotatable bonds is 4. The molecule has 1 heterocycles. The Hall–Kier alpha value is -2.78. The van der Waals surface area contributed by atoms with E-state index in [1.165, 1.54) is 11.1 Å². The third-order valence-electron chi connectivity index (χ3n) is 4.67. The number of fused-ring (bicyclic) bond motifs is 1. The smallest absolute Gasteiger partial charge is 0.118 e. The SMILES string of the molecule is COc1ccc([C@H]2O[C@@H](c3ccc(OC)cc3)c3ccccc32)cc1. The first-order valence-electron chi connectivity index (χ1n) is 8.32. The van der Waals surface area contributed by atoms with Crippen molar-refractivity contribution in [3.63, 3.8) is 0 Å². The van der Waals surface area contributed by atoms with Gasteiger partial charge in [-0.2, -0.15) is 0 Å². The molecule has 0 aliphatic carbocycles. The summed E-state index contributed by atoms with van der Waals surface area (Å²) < 4.78 is 17.0. The van der Waals surface area contributed by atoms with E-state index in [4.69, 9.17) is 14.2 Å². The highest BCUT2D eigenvalue weighted by molar-refractivity contribution is 5.46. The highest BCUT2D eigenvalue weighted by atomic mass is 16.5. The molecule has 3 aromatic rings. The summed E-state index contributed by atoms with van der Waals surface area (Å²) in [6.45, 7) is 0. The van der Waals surface area contributed by atoms with Gasteiger partial charge in [0.2, 0.25) is 0 Å². The van der Waals surface area contributed by atoms with Crippen LogP contribution in [0.1, 0.15) is 34.5 Å². The van der Waals surface area contributed by atoms with Crippen LogP contribution in [0.5, 0.6) is 11.5 Å². The fourth-order valence-corrected chi connectivity index (χ4v) is 3.34. The van der Waals surface area contributed by atoms with Crippen LogP contribution in [0, 0.1) is 0 Å². The minimum absolute atomic E-state index is 0.0748. The van der Waals surface area contributed by atoms with Crippen LogP contribution in [0.2, 0.25) is 0 Å². The van der Waals surface area contributed by atoms with Gasteiger partial charge in [-0.25, -0.2) is 0 Å². The summed E-state index contributed by atoms with van der Waals surface area (Å²) in [5, 5.41) is 0. The van der Waals surface area contributed by atoms with Gasteiger partial charge in [0.25, 0.3) is 0 Å². The lowest BCUT2D eigenvalue weighted by Crippen LogP contribution is -2.02. The molecule has 1 aliphatic rings. The van der Waals surface area contributed by atoms with Gasteiger partial charge < -0.3 is 14.2 Å². The van der Waals surface area contributed by atoms with Crippen molar-refractivity contribution in [3.8, 4) is 11.5 Å². The monoisotopic (exact) mass is 332 g/mol. The van der Waals surface area contributed by atoms with E-state index in [9.17, 15) is 0 Å². The standard InChI is InChI=1S/C22H20O3/c1-23-17-11-7-15(8-12-17)21-19-5-3-4-6-20(19)22(25-21)16-9-13-18(24-2)14-10-16/h3-14,21-22H,1-2H3/t21-,22+. The van der Waals surface area contributed by atoms with Crippen LogP contribution in [0.15, 0.2) is 72.8 Å². The second-order valence-electron chi connectivity index (χ2n) is 6.07. The maximum Gasteiger partial charge on any atom is 0.118 e. The summed E-state index contributed by atoms with van der Waals surface area (Å²) in [6, 6.07) is 24.6. The summed E-state index contributed by atoms with van der Waals surface area (Å²) in [5.74, 6) is 1.70. The molecular formula is C22H20O3. The molecule has 2 atom stereocenters. The molecule has 0 radical (unpaired) electrons. The van der Waals surface area contributed by atoms with Crippen molar-refractivity contribution in [2.75, 3.05) is 14.2 Å². The average molecular weight is 332 g/mol. The number of methoxy groups -OCH3 is 2. The average Bonchev–Trinajstić information content (AvgIpc) is 3.08. The number of hydrogen-bond acceptors (Lipinski definition) is 3. The van der Waals surface area contributed by atoms with E-state index in [-0.39, 0.29) is 12.2 Å². The molecule has 3 heteroatoms. The molecule has 0 spiro atoms. The number of hydrogen-bond donors (Lipinski definition) is 0. The molecule has 4 rings (SSSR count). The first kappa shape index (κ1) is 15.7. The van der Waals surface area contributed by atoms with Gasteiger partial charge in [0.1, 0.15) is 23.7 Å². The maximum absolute atomic E-state index is 6.47. The van der Waals surface area contributed by atoms with Crippen molar-refractivity contribution >= 4 is 0 Å². The molecular weight excluding hydrogens is 312 g/mol. The van der Waals surface area contributed by atoms with E-state index >= 15 is 0 Å². The van der Waals surface area contributed by atoms with E-state index in [0.29, 0.717) is 0 Å². The van der Waals surface area contributed by atoms with Crippen LogP contribution in [-0.2, 0) is 4.74 Å². The van der Waals surface area contributed by atoms with E-state index in [0.717, 1.165) is 22.6 Å². The van der Waals surface area contributed by atoms with E-state index in [1.54, 1.807) is 14.2 Å². The molecule has 0 unspecified atom stereocenters. The molecule has 0 saturated heterocycles. The predicted octanol–water partition coefficient (Wildman–Crippen LogP) is 4.91. The quantitative estimate of drug-likeness (QED) is 0.679. The van der Waals surface area contributed by atoms with Crippen molar-refractivity contribution < 1.29 is 14.2 Å². The fourth-order valence-electron chi connectivity index (χ4n) is 3.34. The Morgan fingerprint density at radius 1 is 0.600 bits per heavy atom. The van der Waals surface area contributed by atoms with Gasteiger partial charge in [-0.3, -0.25) is 0 Å². The second kappa shape index (κ2) is 6.61. The molecule has 126 valence electrons. The Morgan fingerprint density at radius 3 is 1.36 bits per heavy atom. The Kier molecular flexibility index (Phi) is 4.16. The lowest BCUT2D eigenvalue weighted by atomic mass is 9.95.